The highest BCUT2D eigenvalue weighted by molar-refractivity contribution is 5.42. The van der Waals surface area contributed by atoms with Gasteiger partial charge >= 0.3 is 0 Å². The van der Waals surface area contributed by atoms with E-state index in [1.165, 1.54) is 140 Å². The molecule has 0 saturated heterocycles. The van der Waals surface area contributed by atoms with Crippen LogP contribution in [-0.2, 0) is 0 Å². The molecule has 188 valence electrons. The zero-order chi connectivity index (χ0) is 22.5. The van der Waals surface area contributed by atoms with Crippen LogP contribution in [0.2, 0.25) is 0 Å². The van der Waals surface area contributed by atoms with E-state index in [4.69, 9.17) is 0 Å². The molecule has 0 heterocycles. The van der Waals surface area contributed by atoms with Gasteiger partial charge in [-0.1, -0.05) is 116 Å². The minimum atomic E-state index is 0. The fraction of sp³-hybridized carbons (Fsp3) is 0.800. The molecule has 0 aromatic heterocycles. The molecule has 32 heavy (non-hydrogen) atoms. The fourth-order valence-corrected chi connectivity index (χ4v) is 5.05. The van der Waals surface area contributed by atoms with E-state index >= 15 is 0 Å². The van der Waals surface area contributed by atoms with Gasteiger partial charge in [0.2, 0.25) is 0 Å². The summed E-state index contributed by atoms with van der Waals surface area (Å²) in [5, 5.41) is 0. The molecule has 2 heteroatoms. The Morgan fingerprint density at radius 2 is 0.750 bits per heavy atom. The van der Waals surface area contributed by atoms with E-state index < -0.39 is 0 Å². The van der Waals surface area contributed by atoms with Crippen LogP contribution in [0.3, 0.4) is 0 Å². The maximum Gasteiger partial charge on any atom is 0.132 e. The summed E-state index contributed by atoms with van der Waals surface area (Å²) in [6, 6.07) is 11.6. The molecule has 0 fully saturated rings. The molecule has 0 spiro atoms. The van der Waals surface area contributed by atoms with E-state index in [9.17, 15) is 0 Å². The van der Waals surface area contributed by atoms with Crippen LogP contribution < -0.4 is 16.9 Å². The maximum absolute atomic E-state index is 2.42. The van der Waals surface area contributed by atoms with Crippen LogP contribution in [-0.4, -0.2) is 19.6 Å². The maximum atomic E-state index is 2.42. The van der Waals surface area contributed by atoms with Crippen LogP contribution in [0, 0.1) is 0 Å². The smallest absolute Gasteiger partial charge is 0.132 e. The molecule has 0 aliphatic rings. The predicted molar refractivity (Wildman–Crippen MR) is 143 cm³/mol. The number of hydrogen-bond donors (Lipinski definition) is 0. The molecule has 0 aliphatic carbocycles. The predicted octanol–water partition coefficient (Wildman–Crippen LogP) is 7.08. The first-order chi connectivity index (χ1) is 15.3. The van der Waals surface area contributed by atoms with Gasteiger partial charge in [-0.05, 0) is 50.7 Å². The summed E-state index contributed by atoms with van der Waals surface area (Å²) in [7, 11) is 0. The largest absolute Gasteiger partial charge is 1.00 e. The van der Waals surface area contributed by atoms with Crippen molar-refractivity contribution in [2.45, 2.75) is 136 Å². The summed E-state index contributed by atoms with van der Waals surface area (Å²) in [6.07, 6.45) is 25.3. The van der Waals surface area contributed by atoms with Gasteiger partial charge in [-0.15, -0.1) is 0 Å². The third kappa shape index (κ3) is 14.6. The highest BCUT2D eigenvalue weighted by Gasteiger charge is 2.29. The molecule has 0 saturated carbocycles. The molecule has 0 N–H and O–H groups in total. The molecule has 1 aromatic carbocycles. The third-order valence-electron chi connectivity index (χ3n) is 7.12. The highest BCUT2D eigenvalue weighted by Crippen LogP contribution is 2.27. The second kappa shape index (κ2) is 22.3. The number of unbranched alkanes of at least 4 members (excludes halogenated alkanes) is 15. The van der Waals surface area contributed by atoms with E-state index in [2.05, 4.69) is 51.1 Å². The third-order valence-corrected chi connectivity index (χ3v) is 7.12. The quantitative estimate of drug-likeness (QED) is 0.127. The minimum absolute atomic E-state index is 0. The van der Waals surface area contributed by atoms with Gasteiger partial charge in [0, 0.05) is 0 Å². The van der Waals surface area contributed by atoms with Gasteiger partial charge in [0.25, 0.3) is 0 Å². The molecule has 1 aromatic rings. The molecule has 0 aliphatic heterocycles. The van der Waals surface area contributed by atoms with Crippen molar-refractivity contribution in [1.29, 1.82) is 0 Å². The van der Waals surface area contributed by atoms with Crippen molar-refractivity contribution in [3.05, 3.63) is 30.3 Å². The van der Waals surface area contributed by atoms with Crippen LogP contribution in [0.5, 0.6) is 0 Å². The molecule has 0 bridgehead atoms. The summed E-state index contributed by atoms with van der Waals surface area (Å²) in [5.74, 6) is 0. The minimum Gasteiger partial charge on any atom is -1.00 e. The van der Waals surface area contributed by atoms with Crippen LogP contribution in [0.25, 0.3) is 0 Å². The SMILES string of the molecule is CCCCCCCC[N+](CCCCCCCC)(CCCCCCCC)c1ccccc1.[Cl-]. The van der Waals surface area contributed by atoms with Gasteiger partial charge in [-0.2, -0.15) is 0 Å². The van der Waals surface area contributed by atoms with Gasteiger partial charge in [0.1, 0.15) is 5.69 Å². The van der Waals surface area contributed by atoms with Gasteiger partial charge < -0.3 is 12.4 Å². The van der Waals surface area contributed by atoms with Gasteiger partial charge in [-0.25, -0.2) is 0 Å². The van der Waals surface area contributed by atoms with Gasteiger partial charge in [0.15, 0.2) is 0 Å². The molecule has 1 rings (SSSR count). The second-order valence-corrected chi connectivity index (χ2v) is 9.95. The summed E-state index contributed by atoms with van der Waals surface area (Å²) in [4.78, 5) is 0. The summed E-state index contributed by atoms with van der Waals surface area (Å²) >= 11 is 0. The van der Waals surface area contributed by atoms with Crippen molar-refractivity contribution in [3.63, 3.8) is 0 Å². The molecular weight excluding hydrogens is 410 g/mol. The Kier molecular flexibility index (Phi) is 21.9. The first kappa shape index (κ1) is 31.5. The van der Waals surface area contributed by atoms with Crippen molar-refractivity contribution >= 4 is 5.69 Å². The standard InChI is InChI=1S/C30H56N.ClH/c1-4-7-10-13-16-22-27-31(30-25-20-19-21-26-30,28-23-17-14-11-8-5-2)29-24-18-15-12-9-6-3;/h19-21,25-26H,4-18,22-24,27-29H2,1-3H3;1H/q+1;/p-1. The summed E-state index contributed by atoms with van der Waals surface area (Å²) in [5.41, 5.74) is 1.58. The average Bonchev–Trinajstić information content (AvgIpc) is 2.80. The van der Waals surface area contributed by atoms with E-state index in [0.29, 0.717) is 0 Å². The lowest BCUT2D eigenvalue weighted by Crippen LogP contribution is -3.00. The molecule has 0 radical (unpaired) electrons. The number of para-hydroxylation sites is 1. The number of hydrogen-bond acceptors (Lipinski definition) is 0. The topological polar surface area (TPSA) is 0 Å². The van der Waals surface area contributed by atoms with E-state index in [1.807, 2.05) is 0 Å². The number of quaternary nitrogens is 1. The zero-order valence-corrected chi connectivity index (χ0v) is 22.8. The fourth-order valence-electron chi connectivity index (χ4n) is 5.05. The first-order valence-corrected chi connectivity index (χ1v) is 14.2. The van der Waals surface area contributed by atoms with Crippen molar-refractivity contribution in [2.75, 3.05) is 19.6 Å². The Labute approximate surface area is 208 Å². The van der Waals surface area contributed by atoms with Crippen LogP contribution in [0.1, 0.15) is 136 Å². The van der Waals surface area contributed by atoms with Crippen LogP contribution in [0.15, 0.2) is 30.3 Å². The van der Waals surface area contributed by atoms with Gasteiger partial charge in [0.05, 0.1) is 19.6 Å². The first-order valence-electron chi connectivity index (χ1n) is 14.2. The summed E-state index contributed by atoms with van der Waals surface area (Å²) < 4.78 is 1.25. The van der Waals surface area contributed by atoms with Crippen molar-refractivity contribution in [3.8, 4) is 0 Å². The lowest BCUT2D eigenvalue weighted by molar-refractivity contribution is -0.00000684. The normalized spacial score (nSPS) is 11.5. The average molecular weight is 466 g/mol. The molecule has 0 amide bonds. The summed E-state index contributed by atoms with van der Waals surface area (Å²) in [6.45, 7) is 11.0. The second-order valence-electron chi connectivity index (χ2n) is 9.95. The Morgan fingerprint density at radius 1 is 0.438 bits per heavy atom. The van der Waals surface area contributed by atoms with Crippen LogP contribution >= 0.6 is 0 Å². The van der Waals surface area contributed by atoms with Crippen LogP contribution in [0.4, 0.5) is 5.69 Å². The molecule has 1 nitrogen and oxygen atoms in total. The lowest BCUT2D eigenvalue weighted by Gasteiger charge is -2.39. The number of nitrogens with zero attached hydrogens (tertiary/aromatic N) is 1. The zero-order valence-electron chi connectivity index (χ0n) is 22.1. The highest BCUT2D eigenvalue weighted by atomic mass is 35.5. The molecular formula is C30H56ClN. The van der Waals surface area contributed by atoms with Crippen molar-refractivity contribution in [2.24, 2.45) is 0 Å². The Bertz CT molecular complexity index is 446. The van der Waals surface area contributed by atoms with E-state index in [1.54, 1.807) is 5.69 Å². The van der Waals surface area contributed by atoms with Crippen molar-refractivity contribution in [1.82, 2.24) is 4.48 Å². The molecule has 0 atom stereocenters. The van der Waals surface area contributed by atoms with Crippen molar-refractivity contribution < 1.29 is 12.4 Å². The monoisotopic (exact) mass is 465 g/mol. The molecule has 0 unspecified atom stereocenters. The Hall–Kier alpha value is -0.530. The van der Waals surface area contributed by atoms with E-state index in [0.717, 1.165) is 0 Å². The number of benzene rings is 1. The Morgan fingerprint density at radius 3 is 1.09 bits per heavy atom. The Balaban J connectivity index is 0.00000961. The van der Waals surface area contributed by atoms with Gasteiger partial charge in [-0.3, -0.25) is 4.48 Å². The number of rotatable bonds is 22. The number of halogens is 1. The van der Waals surface area contributed by atoms with E-state index in [-0.39, 0.29) is 12.4 Å². The lowest BCUT2D eigenvalue weighted by atomic mass is 10.0.